The van der Waals surface area contributed by atoms with Gasteiger partial charge in [0, 0.05) is 0 Å². The van der Waals surface area contributed by atoms with Crippen LogP contribution in [-0.4, -0.2) is 15.0 Å². The minimum atomic E-state index is -4.13. The molecule has 0 saturated carbocycles. The van der Waals surface area contributed by atoms with Gasteiger partial charge in [0.1, 0.15) is 0 Å². The van der Waals surface area contributed by atoms with Crippen molar-refractivity contribution < 1.29 is 16.8 Å². The van der Waals surface area contributed by atoms with Gasteiger partial charge in [-0.05, 0) is 0 Å². The Morgan fingerprint density at radius 2 is 2.30 bits per heavy atom. The number of nitrogens with zero attached hydrogens (tertiary/aromatic N) is 1. The molecule has 5 nitrogen and oxygen atoms in total. The van der Waals surface area contributed by atoms with Crippen LogP contribution in [0.1, 0.15) is 0 Å². The quantitative estimate of drug-likeness (QED) is 0.428. The first-order valence-corrected chi connectivity index (χ1v) is 3.53. The highest BCUT2D eigenvalue weighted by Crippen LogP contribution is 1.92. The molecule has 0 amide bonds. The van der Waals surface area contributed by atoms with Crippen molar-refractivity contribution in [2.24, 2.45) is 0 Å². The maximum absolute atomic E-state index is 10.3. The van der Waals surface area contributed by atoms with E-state index in [1.165, 1.54) is 6.08 Å². The Bertz CT molecular complexity index is 236. The van der Waals surface area contributed by atoms with E-state index >= 15 is 0 Å². The van der Waals surface area contributed by atoms with Crippen LogP contribution < -0.4 is 0 Å². The molecular formula is C4H5NO4S. The summed E-state index contributed by atoms with van der Waals surface area (Å²) in [5.41, 5.74) is 0. The van der Waals surface area contributed by atoms with Crippen molar-refractivity contribution in [2.45, 2.75) is 0 Å². The minimum Gasteiger partial charge on any atom is -0.281 e. The molecule has 10 heavy (non-hydrogen) atoms. The Morgan fingerprint density at radius 3 is 2.70 bits per heavy atom. The topological polar surface area (TPSA) is 76.4 Å². The molecule has 56 valence electrons. The van der Waals surface area contributed by atoms with Crippen LogP contribution in [0.4, 0.5) is 0 Å². The smallest absolute Gasteiger partial charge is 0.281 e. The molecule has 0 aromatic rings. The highest BCUT2D eigenvalue weighted by atomic mass is 32.3. The van der Waals surface area contributed by atoms with Crippen LogP contribution in [0.15, 0.2) is 12.7 Å². The molecule has 0 aromatic carbocycles. The van der Waals surface area contributed by atoms with E-state index in [1.54, 1.807) is 0 Å². The first kappa shape index (κ1) is 8.94. The third-order valence-corrected chi connectivity index (χ3v) is 1.17. The van der Waals surface area contributed by atoms with E-state index in [1.807, 2.05) is 0 Å². The lowest BCUT2D eigenvalue weighted by Gasteiger charge is -1.94. The summed E-state index contributed by atoms with van der Waals surface area (Å²) in [6.07, 6.45) is 2.19. The van der Waals surface area contributed by atoms with Gasteiger partial charge in [-0.2, -0.15) is 8.42 Å². The molecule has 0 N–H and O–H groups in total. The molecule has 0 aliphatic rings. The van der Waals surface area contributed by atoms with Crippen molar-refractivity contribution in [2.75, 3.05) is 6.61 Å². The fourth-order valence-electron chi connectivity index (χ4n) is 0.201. The third kappa shape index (κ3) is 3.88. The van der Waals surface area contributed by atoms with Crippen LogP contribution in [0.5, 0.6) is 0 Å². The van der Waals surface area contributed by atoms with Crippen molar-refractivity contribution in [3.63, 3.8) is 0 Å². The van der Waals surface area contributed by atoms with Gasteiger partial charge >= 0.3 is 16.7 Å². The molecule has 0 aliphatic carbocycles. The van der Waals surface area contributed by atoms with E-state index < -0.39 is 10.4 Å². The Kier molecular flexibility index (Phi) is 3.46. The Balaban J connectivity index is 3.91. The molecule has 6 heteroatoms. The van der Waals surface area contributed by atoms with Gasteiger partial charge in [-0.1, -0.05) is 6.08 Å². The summed E-state index contributed by atoms with van der Waals surface area (Å²) in [7, 11) is -4.13. The molecule has 0 rings (SSSR count). The Labute approximate surface area is 58.8 Å². The van der Waals surface area contributed by atoms with Crippen LogP contribution in [0, 0.1) is 11.5 Å². The van der Waals surface area contributed by atoms with Crippen molar-refractivity contribution in [3.05, 3.63) is 12.7 Å². The summed E-state index contributed by atoms with van der Waals surface area (Å²) in [5.74, 6) is 0. The van der Waals surface area contributed by atoms with Crippen LogP contribution in [0.3, 0.4) is 0 Å². The molecule has 0 heterocycles. The van der Waals surface area contributed by atoms with Gasteiger partial charge in [0.2, 0.25) is 0 Å². The second-order valence-electron chi connectivity index (χ2n) is 1.16. The first-order valence-electron chi connectivity index (χ1n) is 2.20. The lowest BCUT2D eigenvalue weighted by atomic mass is 10.7. The molecule has 0 unspecified atom stereocenters. The molecule has 0 fully saturated rings. The van der Waals surface area contributed by atoms with Gasteiger partial charge in [-0.3, -0.25) is 4.18 Å². The molecule has 0 atom stereocenters. The Hall–Kier alpha value is -1.06. The van der Waals surface area contributed by atoms with Crippen LogP contribution in [0.25, 0.3) is 0 Å². The average Bonchev–Trinajstić information content (AvgIpc) is 1.84. The van der Waals surface area contributed by atoms with Crippen molar-refractivity contribution in [3.8, 4) is 6.26 Å². The fourth-order valence-corrected chi connectivity index (χ4v) is 0.603. The second kappa shape index (κ2) is 3.87. The predicted molar refractivity (Wildman–Crippen MR) is 31.8 cm³/mol. The summed E-state index contributed by atoms with van der Waals surface area (Å²) in [6.45, 7) is 2.99. The van der Waals surface area contributed by atoms with E-state index in [2.05, 4.69) is 14.9 Å². The highest BCUT2D eigenvalue weighted by molar-refractivity contribution is 7.82. The van der Waals surface area contributed by atoms with Gasteiger partial charge in [0.25, 0.3) is 0 Å². The summed E-state index contributed by atoms with van der Waals surface area (Å²) in [5, 5.41) is 7.74. The van der Waals surface area contributed by atoms with Crippen LogP contribution in [-0.2, 0) is 18.8 Å². The second-order valence-corrected chi connectivity index (χ2v) is 2.37. The summed E-state index contributed by atoms with van der Waals surface area (Å²) in [6, 6.07) is 0. The van der Waals surface area contributed by atoms with E-state index in [9.17, 15) is 8.42 Å². The first-order chi connectivity index (χ1) is 4.62. The number of rotatable bonds is 4. The largest absolute Gasteiger partial charge is 0.459 e. The number of hydrogen-bond acceptors (Lipinski definition) is 5. The maximum Gasteiger partial charge on any atom is 0.459 e. The number of nitriles is 1. The zero-order valence-corrected chi connectivity index (χ0v) is 5.80. The minimum absolute atomic E-state index is 0.204. The molecule has 0 saturated heterocycles. The maximum atomic E-state index is 10.3. The van der Waals surface area contributed by atoms with Crippen molar-refractivity contribution >= 4 is 10.4 Å². The van der Waals surface area contributed by atoms with Gasteiger partial charge in [-0.25, -0.2) is 4.18 Å². The highest BCUT2D eigenvalue weighted by Gasteiger charge is 2.09. The van der Waals surface area contributed by atoms with Crippen molar-refractivity contribution in [1.82, 2.24) is 0 Å². The van der Waals surface area contributed by atoms with E-state index in [-0.39, 0.29) is 6.61 Å². The van der Waals surface area contributed by atoms with Crippen LogP contribution >= 0.6 is 0 Å². The predicted octanol–water partition coefficient (Wildman–Crippen LogP) is -0.0685. The summed E-state index contributed by atoms with van der Waals surface area (Å²) >= 11 is 0. The zero-order valence-electron chi connectivity index (χ0n) is 4.98. The monoisotopic (exact) mass is 163 g/mol. The van der Waals surface area contributed by atoms with E-state index in [0.717, 1.165) is 6.26 Å². The van der Waals surface area contributed by atoms with Gasteiger partial charge in [0.15, 0.2) is 0 Å². The van der Waals surface area contributed by atoms with Gasteiger partial charge in [-0.15, -0.1) is 11.8 Å². The summed E-state index contributed by atoms with van der Waals surface area (Å²) < 4.78 is 28.1. The normalized spacial score (nSPS) is 9.90. The molecule has 0 aromatic heterocycles. The standard InChI is InChI=1S/C4H5NO4S/c1-2-3-8-10(6,7)9-4-5/h2H,1,3H2. The fraction of sp³-hybridized carbons (Fsp3) is 0.250. The lowest BCUT2D eigenvalue weighted by Crippen LogP contribution is -2.06. The molecular weight excluding hydrogens is 158 g/mol. The molecule has 0 spiro atoms. The van der Waals surface area contributed by atoms with Crippen LogP contribution in [0.2, 0.25) is 0 Å². The molecule has 0 radical (unpaired) electrons. The van der Waals surface area contributed by atoms with Gasteiger partial charge < -0.3 is 0 Å². The SMILES string of the molecule is C=CCOS(=O)(=O)OC#N. The third-order valence-electron chi connectivity index (χ3n) is 0.470. The van der Waals surface area contributed by atoms with E-state index in [0.29, 0.717) is 0 Å². The van der Waals surface area contributed by atoms with E-state index in [4.69, 9.17) is 5.26 Å². The number of hydrogen-bond donors (Lipinski definition) is 0. The van der Waals surface area contributed by atoms with Crippen molar-refractivity contribution in [1.29, 1.82) is 5.26 Å². The zero-order chi connectivity index (χ0) is 8.04. The summed E-state index contributed by atoms with van der Waals surface area (Å²) in [4.78, 5) is 0. The molecule has 0 aliphatic heterocycles. The molecule has 0 bridgehead atoms. The lowest BCUT2D eigenvalue weighted by molar-refractivity contribution is 0.290. The average molecular weight is 163 g/mol. The van der Waals surface area contributed by atoms with Gasteiger partial charge in [0.05, 0.1) is 6.61 Å². The Morgan fingerprint density at radius 1 is 1.70 bits per heavy atom.